The average Bonchev–Trinajstić information content (AvgIpc) is 2.94. The molecule has 0 aliphatic carbocycles. The highest BCUT2D eigenvalue weighted by Crippen LogP contribution is 2.17. The number of nitrogens with one attached hydrogen (secondary N) is 1. The lowest BCUT2D eigenvalue weighted by molar-refractivity contribution is 0.0282. The van der Waals surface area contributed by atoms with E-state index in [2.05, 4.69) is 25.2 Å². The minimum absolute atomic E-state index is 0.276. The first-order valence-electron chi connectivity index (χ1n) is 6.75. The minimum Gasteiger partial charge on any atom is -0.467 e. The van der Waals surface area contributed by atoms with Crippen molar-refractivity contribution in [3.8, 4) is 0 Å². The van der Waals surface area contributed by atoms with Gasteiger partial charge in [0.05, 0.1) is 19.0 Å². The van der Waals surface area contributed by atoms with E-state index >= 15 is 0 Å². The molecule has 1 aromatic carbocycles. The molecule has 1 unspecified atom stereocenters. The molecule has 0 amide bonds. The summed E-state index contributed by atoms with van der Waals surface area (Å²) in [6.07, 6.45) is 1.06. The van der Waals surface area contributed by atoms with Crippen LogP contribution in [0.1, 0.15) is 16.9 Å². The first-order valence-corrected chi connectivity index (χ1v) is 6.75. The van der Waals surface area contributed by atoms with Gasteiger partial charge in [-0.05, 0) is 43.2 Å². The fourth-order valence-electron chi connectivity index (χ4n) is 1.92. The lowest BCUT2D eigenvalue weighted by Gasteiger charge is -2.15. The Hall–Kier alpha value is -1.78. The van der Waals surface area contributed by atoms with E-state index in [1.165, 1.54) is 11.1 Å². The van der Waals surface area contributed by atoms with Gasteiger partial charge < -0.3 is 19.6 Å². The first-order chi connectivity index (χ1) is 9.66. The van der Waals surface area contributed by atoms with Crippen LogP contribution in [0.15, 0.2) is 41.0 Å². The lowest BCUT2D eigenvalue weighted by Crippen LogP contribution is -2.25. The Balaban J connectivity index is 1.72. The number of ether oxygens (including phenoxy) is 1. The molecule has 1 aromatic heterocycles. The Morgan fingerprint density at radius 2 is 2.10 bits per heavy atom. The minimum atomic E-state index is -0.551. The molecule has 0 fully saturated rings. The molecule has 4 nitrogen and oxygen atoms in total. The predicted molar refractivity (Wildman–Crippen MR) is 78.8 cm³/mol. The van der Waals surface area contributed by atoms with E-state index in [1.807, 2.05) is 24.3 Å². The zero-order valence-corrected chi connectivity index (χ0v) is 11.9. The summed E-state index contributed by atoms with van der Waals surface area (Å²) >= 11 is 0. The Bertz CT molecular complexity index is 523. The van der Waals surface area contributed by atoms with Crippen LogP contribution in [0.5, 0.6) is 0 Å². The highest BCUT2D eigenvalue weighted by Gasteiger charge is 2.07. The maximum absolute atomic E-state index is 9.88. The molecule has 0 aliphatic rings. The summed E-state index contributed by atoms with van der Waals surface area (Å²) in [4.78, 5) is 0. The standard InChI is InChI=1S/C16H21NO3/c1-12-5-3-7-16(13(12)2)17-9-14(18)10-19-11-15-6-4-8-20-15/h3-8,14,17-18H,9-11H2,1-2H3. The van der Waals surface area contributed by atoms with Gasteiger partial charge in [-0.3, -0.25) is 0 Å². The van der Waals surface area contributed by atoms with Crippen LogP contribution in [0.4, 0.5) is 5.69 Å². The summed E-state index contributed by atoms with van der Waals surface area (Å²) in [5.41, 5.74) is 3.49. The molecule has 20 heavy (non-hydrogen) atoms. The van der Waals surface area contributed by atoms with Crippen molar-refractivity contribution in [3.05, 3.63) is 53.5 Å². The number of anilines is 1. The van der Waals surface area contributed by atoms with Crippen LogP contribution in [0.3, 0.4) is 0 Å². The van der Waals surface area contributed by atoms with Crippen LogP contribution in [0.25, 0.3) is 0 Å². The smallest absolute Gasteiger partial charge is 0.129 e. The Morgan fingerprint density at radius 3 is 2.85 bits per heavy atom. The molecule has 108 valence electrons. The normalized spacial score (nSPS) is 12.3. The molecule has 2 aromatic rings. The Morgan fingerprint density at radius 1 is 1.25 bits per heavy atom. The zero-order valence-electron chi connectivity index (χ0n) is 11.9. The van der Waals surface area contributed by atoms with Crippen molar-refractivity contribution in [2.45, 2.75) is 26.6 Å². The molecule has 2 N–H and O–H groups in total. The Labute approximate surface area is 119 Å². The van der Waals surface area contributed by atoms with Crippen LogP contribution in [0, 0.1) is 13.8 Å². The first kappa shape index (κ1) is 14.6. The third-order valence-corrected chi connectivity index (χ3v) is 3.27. The number of aliphatic hydroxyl groups is 1. The second kappa shape index (κ2) is 7.12. The molecule has 4 heteroatoms. The van der Waals surface area contributed by atoms with Crippen LogP contribution in [-0.2, 0) is 11.3 Å². The zero-order chi connectivity index (χ0) is 14.4. The summed E-state index contributed by atoms with van der Waals surface area (Å²) in [5, 5.41) is 13.1. The number of aryl methyl sites for hydroxylation is 1. The van der Waals surface area contributed by atoms with E-state index in [0.717, 1.165) is 11.4 Å². The SMILES string of the molecule is Cc1cccc(NCC(O)COCc2ccco2)c1C. The van der Waals surface area contributed by atoms with E-state index in [4.69, 9.17) is 9.15 Å². The van der Waals surface area contributed by atoms with E-state index in [-0.39, 0.29) is 6.61 Å². The fraction of sp³-hybridized carbons (Fsp3) is 0.375. The van der Waals surface area contributed by atoms with E-state index in [0.29, 0.717) is 13.2 Å². The average molecular weight is 275 g/mol. The second-order valence-electron chi connectivity index (χ2n) is 4.88. The van der Waals surface area contributed by atoms with Crippen molar-refractivity contribution >= 4 is 5.69 Å². The summed E-state index contributed by atoms with van der Waals surface area (Å²) in [7, 11) is 0. The molecule has 2 rings (SSSR count). The van der Waals surface area contributed by atoms with Gasteiger partial charge in [-0.15, -0.1) is 0 Å². The lowest BCUT2D eigenvalue weighted by atomic mass is 10.1. The second-order valence-corrected chi connectivity index (χ2v) is 4.88. The summed E-state index contributed by atoms with van der Waals surface area (Å²) in [6, 6.07) is 9.75. The molecular formula is C16H21NO3. The third-order valence-electron chi connectivity index (χ3n) is 3.27. The molecule has 0 bridgehead atoms. The van der Waals surface area contributed by atoms with Gasteiger partial charge in [-0.2, -0.15) is 0 Å². The van der Waals surface area contributed by atoms with E-state index in [9.17, 15) is 5.11 Å². The molecule has 0 saturated heterocycles. The van der Waals surface area contributed by atoms with Gasteiger partial charge in [0, 0.05) is 12.2 Å². The van der Waals surface area contributed by atoms with Gasteiger partial charge in [-0.1, -0.05) is 12.1 Å². The quantitative estimate of drug-likeness (QED) is 0.816. The van der Waals surface area contributed by atoms with Crippen molar-refractivity contribution in [1.29, 1.82) is 0 Å². The van der Waals surface area contributed by atoms with Crippen LogP contribution in [-0.4, -0.2) is 24.4 Å². The fourth-order valence-corrected chi connectivity index (χ4v) is 1.92. The number of hydrogen-bond donors (Lipinski definition) is 2. The van der Waals surface area contributed by atoms with Gasteiger partial charge in [-0.25, -0.2) is 0 Å². The number of hydrogen-bond acceptors (Lipinski definition) is 4. The number of furan rings is 1. The maximum atomic E-state index is 9.88. The molecule has 1 heterocycles. The molecule has 0 spiro atoms. The van der Waals surface area contributed by atoms with Crippen molar-refractivity contribution in [3.63, 3.8) is 0 Å². The van der Waals surface area contributed by atoms with E-state index < -0.39 is 6.10 Å². The predicted octanol–water partition coefficient (Wildman–Crippen LogP) is 2.89. The molecule has 1 atom stereocenters. The maximum Gasteiger partial charge on any atom is 0.129 e. The highest BCUT2D eigenvalue weighted by molar-refractivity contribution is 5.53. The number of rotatable bonds is 7. The summed E-state index contributed by atoms with van der Waals surface area (Å²) < 4.78 is 10.5. The molecule has 0 radical (unpaired) electrons. The molecule has 0 aliphatic heterocycles. The van der Waals surface area contributed by atoms with Crippen molar-refractivity contribution in [2.75, 3.05) is 18.5 Å². The van der Waals surface area contributed by atoms with Crippen LogP contribution in [0.2, 0.25) is 0 Å². The number of benzene rings is 1. The Kier molecular flexibility index (Phi) is 5.21. The van der Waals surface area contributed by atoms with Gasteiger partial charge in [0.25, 0.3) is 0 Å². The monoisotopic (exact) mass is 275 g/mol. The summed E-state index contributed by atoms with van der Waals surface area (Å²) in [6.45, 7) is 5.26. The number of aliphatic hydroxyl groups excluding tert-OH is 1. The largest absolute Gasteiger partial charge is 0.467 e. The topological polar surface area (TPSA) is 54.6 Å². The van der Waals surface area contributed by atoms with Crippen molar-refractivity contribution < 1.29 is 14.3 Å². The van der Waals surface area contributed by atoms with Gasteiger partial charge in [0.2, 0.25) is 0 Å². The highest BCUT2D eigenvalue weighted by atomic mass is 16.5. The van der Waals surface area contributed by atoms with Crippen LogP contribution >= 0.6 is 0 Å². The van der Waals surface area contributed by atoms with Gasteiger partial charge in [0.15, 0.2) is 0 Å². The van der Waals surface area contributed by atoms with Crippen molar-refractivity contribution in [1.82, 2.24) is 0 Å². The van der Waals surface area contributed by atoms with Crippen molar-refractivity contribution in [2.24, 2.45) is 0 Å². The molecule has 0 saturated carbocycles. The molecular weight excluding hydrogens is 254 g/mol. The summed E-state index contributed by atoms with van der Waals surface area (Å²) in [5.74, 6) is 0.764. The third kappa shape index (κ3) is 4.11. The van der Waals surface area contributed by atoms with Crippen LogP contribution < -0.4 is 5.32 Å². The van der Waals surface area contributed by atoms with Gasteiger partial charge in [0.1, 0.15) is 12.4 Å². The van der Waals surface area contributed by atoms with Gasteiger partial charge >= 0.3 is 0 Å². The van der Waals surface area contributed by atoms with E-state index in [1.54, 1.807) is 6.26 Å².